The lowest BCUT2D eigenvalue weighted by atomic mass is 10.1. The fourth-order valence-electron chi connectivity index (χ4n) is 3.32. The fraction of sp³-hybridized carbons (Fsp3) is 0.231. The second-order valence-electron chi connectivity index (χ2n) is 7.99. The molecule has 8 nitrogen and oxygen atoms in total. The highest BCUT2D eigenvalue weighted by Gasteiger charge is 2.17. The molecule has 5 N–H and O–H groups in total. The summed E-state index contributed by atoms with van der Waals surface area (Å²) >= 11 is 6.17. The van der Waals surface area contributed by atoms with E-state index in [4.69, 9.17) is 31.9 Å². The molecule has 0 saturated heterocycles. The predicted molar refractivity (Wildman–Crippen MR) is 136 cm³/mol. The number of hydrogen-bond donors (Lipinski definition) is 4. The SMILES string of the molecule is CC(C)Oc1cccc(CNc2ccc(Cl)cc2C(=O)Nc2ccc(CN)cc2)c1OCC(=O)O. The highest BCUT2D eigenvalue weighted by atomic mass is 35.5. The number of nitrogens with two attached hydrogens (primary N) is 1. The maximum atomic E-state index is 13.0. The van der Waals surface area contributed by atoms with Crippen molar-refractivity contribution in [1.29, 1.82) is 0 Å². The third-order valence-corrected chi connectivity index (χ3v) is 5.14. The number of aliphatic carboxylic acids is 1. The smallest absolute Gasteiger partial charge is 0.341 e. The largest absolute Gasteiger partial charge is 0.487 e. The van der Waals surface area contributed by atoms with Gasteiger partial charge in [0.1, 0.15) is 0 Å². The maximum absolute atomic E-state index is 13.0. The molecule has 3 aromatic rings. The maximum Gasteiger partial charge on any atom is 0.341 e. The molecule has 0 fully saturated rings. The van der Waals surface area contributed by atoms with Gasteiger partial charge in [0.05, 0.1) is 11.7 Å². The number of carbonyl (C=O) groups is 2. The third kappa shape index (κ3) is 7.37. The van der Waals surface area contributed by atoms with Gasteiger partial charge in [0.2, 0.25) is 0 Å². The number of benzene rings is 3. The lowest BCUT2D eigenvalue weighted by Gasteiger charge is -2.19. The average Bonchev–Trinajstić information content (AvgIpc) is 2.82. The van der Waals surface area contributed by atoms with Crippen molar-refractivity contribution in [1.82, 2.24) is 0 Å². The summed E-state index contributed by atoms with van der Waals surface area (Å²) in [4.78, 5) is 24.1. The summed E-state index contributed by atoms with van der Waals surface area (Å²) in [5.41, 5.74) is 8.78. The quantitative estimate of drug-likeness (QED) is 0.296. The van der Waals surface area contributed by atoms with Crippen LogP contribution in [0, 0.1) is 0 Å². The van der Waals surface area contributed by atoms with Crippen LogP contribution in [0.3, 0.4) is 0 Å². The molecular formula is C26H28ClN3O5. The Bertz CT molecular complexity index is 1180. The Kier molecular flexibility index (Phi) is 8.94. The summed E-state index contributed by atoms with van der Waals surface area (Å²) in [6.07, 6.45) is -0.129. The van der Waals surface area contributed by atoms with E-state index >= 15 is 0 Å². The summed E-state index contributed by atoms with van der Waals surface area (Å²) in [6, 6.07) is 17.5. The highest BCUT2D eigenvalue weighted by molar-refractivity contribution is 6.31. The number of hydrogen-bond acceptors (Lipinski definition) is 6. The zero-order valence-electron chi connectivity index (χ0n) is 19.5. The zero-order chi connectivity index (χ0) is 25.4. The predicted octanol–water partition coefficient (Wildman–Crippen LogP) is 4.91. The number of ether oxygens (including phenoxy) is 2. The van der Waals surface area contributed by atoms with Crippen molar-refractivity contribution >= 4 is 34.9 Å². The topological polar surface area (TPSA) is 123 Å². The standard InChI is InChI=1S/C26H28ClN3O5/c1-16(2)35-23-5-3-4-18(25(23)34-15-24(31)32)14-29-22-11-8-19(27)12-21(22)26(33)30-20-9-6-17(13-28)7-10-20/h3-12,16,29H,13-15,28H2,1-2H3,(H,30,33)(H,31,32). The van der Waals surface area contributed by atoms with Crippen LogP contribution in [0.5, 0.6) is 11.5 Å². The van der Waals surface area contributed by atoms with Gasteiger partial charge in [0.25, 0.3) is 5.91 Å². The van der Waals surface area contributed by atoms with Crippen molar-refractivity contribution in [3.63, 3.8) is 0 Å². The van der Waals surface area contributed by atoms with E-state index in [9.17, 15) is 9.59 Å². The molecule has 35 heavy (non-hydrogen) atoms. The van der Waals surface area contributed by atoms with E-state index in [1.54, 1.807) is 48.5 Å². The first-order valence-electron chi connectivity index (χ1n) is 11.0. The minimum Gasteiger partial charge on any atom is -0.487 e. The number of carbonyl (C=O) groups excluding carboxylic acids is 1. The van der Waals surface area contributed by atoms with Crippen LogP contribution in [0.2, 0.25) is 5.02 Å². The first kappa shape index (κ1) is 25.9. The molecule has 184 valence electrons. The second-order valence-corrected chi connectivity index (χ2v) is 8.43. The Labute approximate surface area is 209 Å². The summed E-state index contributed by atoms with van der Waals surface area (Å²) in [5.74, 6) is -0.666. The number of carboxylic acids is 1. The highest BCUT2D eigenvalue weighted by Crippen LogP contribution is 2.33. The molecule has 0 unspecified atom stereocenters. The lowest BCUT2D eigenvalue weighted by Crippen LogP contribution is -2.16. The van der Waals surface area contributed by atoms with Gasteiger partial charge >= 0.3 is 5.97 Å². The summed E-state index contributed by atoms with van der Waals surface area (Å²) in [6.45, 7) is 3.89. The summed E-state index contributed by atoms with van der Waals surface area (Å²) in [7, 11) is 0. The van der Waals surface area contributed by atoms with Crippen LogP contribution in [-0.4, -0.2) is 29.7 Å². The van der Waals surface area contributed by atoms with Crippen LogP contribution in [0.4, 0.5) is 11.4 Å². The molecule has 0 aliphatic rings. The number of amides is 1. The molecule has 0 saturated carbocycles. The molecule has 3 rings (SSSR count). The van der Waals surface area contributed by atoms with Crippen molar-refractivity contribution < 1.29 is 24.2 Å². The molecule has 3 aromatic carbocycles. The third-order valence-electron chi connectivity index (χ3n) is 4.91. The Morgan fingerprint density at radius 3 is 2.49 bits per heavy atom. The van der Waals surface area contributed by atoms with E-state index in [2.05, 4.69) is 10.6 Å². The zero-order valence-corrected chi connectivity index (χ0v) is 20.3. The van der Waals surface area contributed by atoms with E-state index in [1.807, 2.05) is 26.0 Å². The lowest BCUT2D eigenvalue weighted by molar-refractivity contribution is -0.139. The van der Waals surface area contributed by atoms with Gasteiger partial charge in [-0.25, -0.2) is 4.79 Å². The minimum absolute atomic E-state index is 0.129. The van der Waals surface area contributed by atoms with Crippen molar-refractivity contribution in [2.75, 3.05) is 17.2 Å². The van der Waals surface area contributed by atoms with E-state index in [0.717, 1.165) is 5.56 Å². The van der Waals surface area contributed by atoms with E-state index in [-0.39, 0.29) is 18.6 Å². The van der Waals surface area contributed by atoms with Gasteiger partial charge in [-0.15, -0.1) is 0 Å². The molecule has 0 aliphatic heterocycles. The van der Waals surface area contributed by atoms with E-state index in [1.165, 1.54) is 0 Å². The van der Waals surface area contributed by atoms with Crippen LogP contribution < -0.4 is 25.8 Å². The number of carboxylic acid groups (broad SMARTS) is 1. The number of anilines is 2. The number of halogens is 1. The van der Waals surface area contributed by atoms with Crippen molar-refractivity contribution in [2.24, 2.45) is 5.73 Å². The average molecular weight is 498 g/mol. The number of rotatable bonds is 11. The van der Waals surface area contributed by atoms with Crippen LogP contribution in [-0.2, 0) is 17.9 Å². The summed E-state index contributed by atoms with van der Waals surface area (Å²) < 4.78 is 11.3. The minimum atomic E-state index is -1.10. The monoisotopic (exact) mass is 497 g/mol. The van der Waals surface area contributed by atoms with Gasteiger partial charge in [-0.1, -0.05) is 35.9 Å². The Balaban J connectivity index is 1.83. The van der Waals surface area contributed by atoms with Crippen molar-refractivity contribution in [2.45, 2.75) is 33.0 Å². The van der Waals surface area contributed by atoms with Crippen LogP contribution in [0.25, 0.3) is 0 Å². The van der Waals surface area contributed by atoms with Crippen LogP contribution >= 0.6 is 11.6 Å². The summed E-state index contributed by atoms with van der Waals surface area (Å²) in [5, 5.41) is 15.6. The number of nitrogens with one attached hydrogen (secondary N) is 2. The van der Waals surface area contributed by atoms with Gasteiger partial charge in [0, 0.05) is 35.1 Å². The van der Waals surface area contributed by atoms with Gasteiger partial charge in [-0.3, -0.25) is 4.79 Å². The first-order chi connectivity index (χ1) is 16.8. The van der Waals surface area contributed by atoms with Gasteiger partial charge in [0.15, 0.2) is 18.1 Å². The molecule has 0 atom stereocenters. The molecule has 0 aliphatic carbocycles. The Morgan fingerprint density at radius 2 is 1.83 bits per heavy atom. The molecule has 0 spiro atoms. The van der Waals surface area contributed by atoms with Crippen LogP contribution in [0.15, 0.2) is 60.7 Å². The Hall–Kier alpha value is -3.75. The van der Waals surface area contributed by atoms with E-state index < -0.39 is 12.6 Å². The molecule has 0 heterocycles. The van der Waals surface area contributed by atoms with Gasteiger partial charge in [-0.05, 0) is 55.8 Å². The van der Waals surface area contributed by atoms with Gasteiger partial charge in [-0.2, -0.15) is 0 Å². The number of para-hydroxylation sites is 1. The van der Waals surface area contributed by atoms with Crippen LogP contribution in [0.1, 0.15) is 35.3 Å². The van der Waals surface area contributed by atoms with Gasteiger partial charge < -0.3 is 30.9 Å². The normalized spacial score (nSPS) is 10.7. The molecule has 0 bridgehead atoms. The van der Waals surface area contributed by atoms with Crippen molar-refractivity contribution in [3.05, 3.63) is 82.4 Å². The Morgan fingerprint density at radius 1 is 1.09 bits per heavy atom. The van der Waals surface area contributed by atoms with Crippen molar-refractivity contribution in [3.8, 4) is 11.5 Å². The fourth-order valence-corrected chi connectivity index (χ4v) is 3.49. The molecule has 9 heteroatoms. The second kappa shape index (κ2) is 12.1. The molecule has 1 amide bonds. The molecule has 0 aromatic heterocycles. The van der Waals surface area contributed by atoms with E-state index in [0.29, 0.717) is 45.6 Å². The first-order valence-corrected chi connectivity index (χ1v) is 11.4. The molecule has 0 radical (unpaired) electrons. The molecular weight excluding hydrogens is 470 g/mol.